The van der Waals surface area contributed by atoms with Crippen LogP contribution in [0.2, 0.25) is 0 Å². The van der Waals surface area contributed by atoms with Crippen LogP contribution < -0.4 is 5.32 Å². The summed E-state index contributed by atoms with van der Waals surface area (Å²) >= 11 is 0. The van der Waals surface area contributed by atoms with Crippen LogP contribution >= 0.6 is 0 Å². The number of amides is 2. The number of hydrogen-bond acceptors (Lipinski definition) is 9. The van der Waals surface area contributed by atoms with E-state index in [0.29, 0.717) is 41.4 Å². The Morgan fingerprint density at radius 2 is 1.94 bits per heavy atom. The molecule has 1 aromatic heterocycles. The summed E-state index contributed by atoms with van der Waals surface area (Å²) in [6.07, 6.45) is 3.03. The Bertz CT molecular complexity index is 1640. The summed E-state index contributed by atoms with van der Waals surface area (Å²) in [6, 6.07) is 8.78. The molecule has 12 heteroatoms. The van der Waals surface area contributed by atoms with Crippen molar-refractivity contribution in [1.29, 1.82) is 5.26 Å². The van der Waals surface area contributed by atoms with Gasteiger partial charge in [-0.3, -0.25) is 14.6 Å². The second kappa shape index (κ2) is 11.9. The van der Waals surface area contributed by atoms with Crippen LogP contribution in [0.25, 0.3) is 11.3 Å². The quantitative estimate of drug-likeness (QED) is 0.461. The van der Waals surface area contributed by atoms with Gasteiger partial charge in [-0.15, -0.1) is 0 Å². The molecule has 0 radical (unpaired) electrons. The van der Waals surface area contributed by atoms with Crippen molar-refractivity contribution in [3.05, 3.63) is 53.0 Å². The first kappa shape index (κ1) is 31.5. The van der Waals surface area contributed by atoms with Crippen molar-refractivity contribution in [1.82, 2.24) is 20.1 Å². The van der Waals surface area contributed by atoms with Gasteiger partial charge in [-0.05, 0) is 69.7 Å². The largest absolute Gasteiger partial charge is 0.449 e. The summed E-state index contributed by atoms with van der Waals surface area (Å²) < 4.78 is 32.4. The van der Waals surface area contributed by atoms with E-state index >= 15 is 4.39 Å². The number of halogens is 1. The van der Waals surface area contributed by atoms with Crippen LogP contribution in [-0.2, 0) is 31.0 Å². The molecule has 248 valence electrons. The van der Waals surface area contributed by atoms with E-state index in [4.69, 9.17) is 19.2 Å². The number of ether oxygens (including phenoxy) is 3. The molecule has 0 unspecified atom stereocenters. The van der Waals surface area contributed by atoms with Gasteiger partial charge in [0.1, 0.15) is 23.5 Å². The SMILES string of the molecule is CC(C)(C)OC(=O)N1[C@@H]2CC[C@@H](C2)[C@H]1C(=O)N[C@H](C#N)Cc1ccc(-c2ccc3c(n2)C2(CCN(C4COC4)CC2)OC3=O)cc1F. The van der Waals surface area contributed by atoms with Crippen molar-refractivity contribution < 1.29 is 33.0 Å². The number of carbonyl (C=O) groups excluding carboxylic acids is 3. The number of hydrogen-bond donors (Lipinski definition) is 1. The molecule has 7 rings (SSSR count). The van der Waals surface area contributed by atoms with Gasteiger partial charge < -0.3 is 19.5 Å². The average Bonchev–Trinajstić information content (AvgIpc) is 3.69. The number of esters is 1. The third kappa shape index (κ3) is 5.84. The lowest BCUT2D eigenvalue weighted by molar-refractivity contribution is -0.128. The molecular formula is C35H40FN5O6. The summed E-state index contributed by atoms with van der Waals surface area (Å²) in [5.41, 5.74) is 0.857. The predicted octanol–water partition coefficient (Wildman–Crippen LogP) is 4.09. The molecule has 3 saturated heterocycles. The Labute approximate surface area is 273 Å². The van der Waals surface area contributed by atoms with E-state index in [2.05, 4.69) is 16.3 Å². The first-order valence-electron chi connectivity index (χ1n) is 16.5. The van der Waals surface area contributed by atoms with Crippen molar-refractivity contribution in [3.8, 4) is 17.3 Å². The maximum absolute atomic E-state index is 15.5. The summed E-state index contributed by atoms with van der Waals surface area (Å²) in [6.45, 7) is 8.33. The van der Waals surface area contributed by atoms with E-state index < -0.39 is 41.1 Å². The minimum Gasteiger partial charge on any atom is -0.449 e. The van der Waals surface area contributed by atoms with Crippen molar-refractivity contribution >= 4 is 18.0 Å². The van der Waals surface area contributed by atoms with E-state index in [1.807, 2.05) is 0 Å². The maximum atomic E-state index is 15.5. The average molecular weight is 646 g/mol. The number of nitrogens with one attached hydrogen (secondary N) is 1. The Kier molecular flexibility index (Phi) is 7.96. The Morgan fingerprint density at radius 3 is 2.60 bits per heavy atom. The Hall–Kier alpha value is -4.08. The Morgan fingerprint density at radius 1 is 1.17 bits per heavy atom. The number of nitrogens with zero attached hydrogens (tertiary/aromatic N) is 4. The molecule has 2 bridgehead atoms. The molecule has 1 aliphatic carbocycles. The summed E-state index contributed by atoms with van der Waals surface area (Å²) in [5.74, 6) is -1.35. The molecular weight excluding hydrogens is 605 g/mol. The first-order chi connectivity index (χ1) is 22.4. The third-order valence-electron chi connectivity index (χ3n) is 10.3. The zero-order valence-corrected chi connectivity index (χ0v) is 27.0. The predicted molar refractivity (Wildman–Crippen MR) is 166 cm³/mol. The molecule has 4 aliphatic heterocycles. The maximum Gasteiger partial charge on any atom is 0.411 e. The monoisotopic (exact) mass is 645 g/mol. The summed E-state index contributed by atoms with van der Waals surface area (Å²) in [5, 5.41) is 12.7. The van der Waals surface area contributed by atoms with E-state index in [9.17, 15) is 19.6 Å². The lowest BCUT2D eigenvalue weighted by Crippen LogP contribution is -2.55. The second-order valence-corrected chi connectivity index (χ2v) is 14.5. The molecule has 4 fully saturated rings. The molecule has 1 N–H and O–H groups in total. The fraction of sp³-hybridized carbons (Fsp3) is 0.571. The highest BCUT2D eigenvalue weighted by Crippen LogP contribution is 2.45. The lowest BCUT2D eigenvalue weighted by atomic mass is 9.86. The van der Waals surface area contributed by atoms with Gasteiger partial charge in [0.25, 0.3) is 0 Å². The molecule has 1 spiro atoms. The fourth-order valence-corrected chi connectivity index (χ4v) is 7.82. The van der Waals surface area contributed by atoms with Crippen molar-refractivity contribution in [3.63, 3.8) is 0 Å². The van der Waals surface area contributed by atoms with Gasteiger partial charge in [-0.25, -0.2) is 19.0 Å². The number of rotatable bonds is 6. The molecule has 5 aliphatic rings. The van der Waals surface area contributed by atoms with Gasteiger partial charge in [0.2, 0.25) is 5.91 Å². The minimum atomic E-state index is -0.999. The highest BCUT2D eigenvalue weighted by Gasteiger charge is 2.53. The molecule has 4 atom stereocenters. The smallest absolute Gasteiger partial charge is 0.411 e. The number of piperidine rings is 2. The summed E-state index contributed by atoms with van der Waals surface area (Å²) in [7, 11) is 0. The van der Waals surface area contributed by atoms with Gasteiger partial charge >= 0.3 is 12.1 Å². The van der Waals surface area contributed by atoms with E-state index in [0.717, 1.165) is 45.6 Å². The Balaban J connectivity index is 1.04. The highest BCUT2D eigenvalue weighted by atomic mass is 19.1. The normalized spacial score (nSPS) is 25.6. The van der Waals surface area contributed by atoms with Crippen molar-refractivity contribution in [2.45, 2.75) is 94.7 Å². The van der Waals surface area contributed by atoms with Crippen LogP contribution in [0.4, 0.5) is 9.18 Å². The number of likely N-dealkylation sites (tertiary alicyclic amines) is 2. The molecule has 2 aromatic rings. The molecule has 2 amide bonds. The van der Waals surface area contributed by atoms with Crippen molar-refractivity contribution in [2.24, 2.45) is 5.92 Å². The topological polar surface area (TPSA) is 134 Å². The fourth-order valence-electron chi connectivity index (χ4n) is 7.82. The standard InChI is InChI=1S/C35H40FN5O6/c1-34(2,3)47-33(44)41-24-7-6-22(15-24)29(41)31(42)38-23(17-37)14-20-4-5-21(16-27(20)36)28-9-8-26-30(39-28)35(46-32(26)43)10-12-40(13-11-35)25-18-45-19-25/h4-5,8-9,16,22-25,29H,6-7,10-15,18-19H2,1-3H3,(H,38,42)/t22-,23-,24+,29-/m0/s1. The van der Waals surface area contributed by atoms with Crippen LogP contribution in [0.15, 0.2) is 30.3 Å². The minimum absolute atomic E-state index is 0.00701. The van der Waals surface area contributed by atoms with Crippen LogP contribution in [0.1, 0.15) is 74.5 Å². The van der Waals surface area contributed by atoms with Crippen LogP contribution in [0.3, 0.4) is 0 Å². The number of fused-ring (bicyclic) bond motifs is 4. The number of pyridine rings is 1. The number of carbonyl (C=O) groups is 3. The summed E-state index contributed by atoms with van der Waals surface area (Å²) in [4.78, 5) is 48.0. The second-order valence-electron chi connectivity index (χ2n) is 14.5. The lowest BCUT2D eigenvalue weighted by Gasteiger charge is -2.44. The molecule has 1 aromatic carbocycles. The highest BCUT2D eigenvalue weighted by molar-refractivity contribution is 5.94. The third-order valence-corrected chi connectivity index (χ3v) is 10.3. The van der Waals surface area contributed by atoms with E-state index in [1.165, 1.54) is 11.0 Å². The molecule has 47 heavy (non-hydrogen) atoms. The van der Waals surface area contributed by atoms with Crippen molar-refractivity contribution in [2.75, 3.05) is 26.3 Å². The number of nitriles is 1. The van der Waals surface area contributed by atoms with E-state index in [-0.39, 0.29) is 29.9 Å². The zero-order chi connectivity index (χ0) is 33.1. The number of benzene rings is 1. The van der Waals surface area contributed by atoms with Gasteiger partial charge in [0, 0.05) is 44.0 Å². The number of aromatic nitrogens is 1. The van der Waals surface area contributed by atoms with Gasteiger partial charge in [-0.1, -0.05) is 12.1 Å². The molecule has 11 nitrogen and oxygen atoms in total. The molecule has 5 heterocycles. The first-order valence-corrected chi connectivity index (χ1v) is 16.5. The van der Waals surface area contributed by atoms with E-state index in [1.54, 1.807) is 45.0 Å². The van der Waals surface area contributed by atoms with Crippen LogP contribution in [0.5, 0.6) is 0 Å². The van der Waals surface area contributed by atoms with Gasteiger partial charge in [0.15, 0.2) is 5.60 Å². The zero-order valence-electron chi connectivity index (χ0n) is 27.0. The van der Waals surface area contributed by atoms with Crippen LogP contribution in [0, 0.1) is 23.1 Å². The molecule has 1 saturated carbocycles. The van der Waals surface area contributed by atoms with Gasteiger partial charge in [-0.2, -0.15) is 5.26 Å². The van der Waals surface area contributed by atoms with Crippen LogP contribution in [-0.4, -0.2) is 88.8 Å². The van der Waals surface area contributed by atoms with Gasteiger partial charge in [0.05, 0.1) is 42.3 Å².